The Hall–Kier alpha value is -1.72. The molecule has 1 aromatic rings. The highest BCUT2D eigenvalue weighted by atomic mass is 35.5. The number of ether oxygens (including phenoxy) is 1. The maximum Gasteiger partial charge on any atom is 0.338 e. The lowest BCUT2D eigenvalue weighted by molar-refractivity contribution is -0.139. The largest absolute Gasteiger partial charge is 0.463 e. The maximum atomic E-state index is 12.4. The molecule has 23 heavy (non-hydrogen) atoms. The monoisotopic (exact) mass is 356 g/mol. The van der Waals surface area contributed by atoms with Gasteiger partial charge in [0.15, 0.2) is 0 Å². The van der Waals surface area contributed by atoms with Gasteiger partial charge in [-0.25, -0.2) is 9.59 Å². The van der Waals surface area contributed by atoms with Crippen LogP contribution in [0.25, 0.3) is 0 Å². The Balaban J connectivity index is 2.54. The average Bonchev–Trinajstić information content (AvgIpc) is 2.50. The van der Waals surface area contributed by atoms with Crippen LogP contribution in [0, 0.1) is 0 Å². The second kappa shape index (κ2) is 7.23. The summed E-state index contributed by atoms with van der Waals surface area (Å²) in [5.41, 5.74) is 1.64. The van der Waals surface area contributed by atoms with Crippen molar-refractivity contribution in [1.82, 2.24) is 10.2 Å². The number of hydrogen-bond acceptors (Lipinski definition) is 3. The number of benzene rings is 1. The average molecular weight is 357 g/mol. The van der Waals surface area contributed by atoms with Crippen molar-refractivity contribution in [3.63, 3.8) is 0 Å². The van der Waals surface area contributed by atoms with Crippen LogP contribution in [0.3, 0.4) is 0 Å². The minimum absolute atomic E-state index is 0.254. The number of nitrogens with one attached hydrogen (secondary N) is 1. The number of halogens is 2. The van der Waals surface area contributed by atoms with Crippen molar-refractivity contribution in [3.8, 4) is 0 Å². The first kappa shape index (κ1) is 17.6. The molecule has 0 spiro atoms. The molecule has 2 amide bonds. The molecule has 124 valence electrons. The summed E-state index contributed by atoms with van der Waals surface area (Å²) in [6.45, 7) is 6.02. The van der Waals surface area contributed by atoms with Gasteiger partial charge in [-0.05, 0) is 38.5 Å². The highest BCUT2D eigenvalue weighted by molar-refractivity contribution is 6.42. The zero-order valence-electron chi connectivity index (χ0n) is 13.2. The van der Waals surface area contributed by atoms with Crippen molar-refractivity contribution in [1.29, 1.82) is 0 Å². The fraction of sp³-hybridized carbons (Fsp3) is 0.375. The van der Waals surface area contributed by atoms with E-state index >= 15 is 0 Å². The van der Waals surface area contributed by atoms with E-state index in [2.05, 4.69) is 5.32 Å². The van der Waals surface area contributed by atoms with Crippen molar-refractivity contribution < 1.29 is 14.3 Å². The molecule has 0 fully saturated rings. The summed E-state index contributed by atoms with van der Waals surface area (Å²) in [4.78, 5) is 26.2. The summed E-state index contributed by atoms with van der Waals surface area (Å²) in [6.07, 6.45) is 0. The number of nitrogens with zero attached hydrogens (tertiary/aromatic N) is 1. The number of amides is 2. The van der Waals surface area contributed by atoms with Crippen molar-refractivity contribution in [3.05, 3.63) is 45.1 Å². The van der Waals surface area contributed by atoms with E-state index in [1.54, 1.807) is 32.0 Å². The third-order valence-corrected chi connectivity index (χ3v) is 4.42. The van der Waals surface area contributed by atoms with Crippen LogP contribution in [0.15, 0.2) is 29.5 Å². The second-order valence-electron chi connectivity index (χ2n) is 5.02. The molecule has 1 atom stereocenters. The fourth-order valence-corrected chi connectivity index (χ4v) is 2.88. The molecule has 1 aliphatic rings. The topological polar surface area (TPSA) is 58.6 Å². The molecule has 0 aromatic heterocycles. The van der Waals surface area contributed by atoms with E-state index in [9.17, 15) is 9.59 Å². The Morgan fingerprint density at radius 2 is 2.00 bits per heavy atom. The molecule has 1 heterocycles. The first-order valence-corrected chi connectivity index (χ1v) is 8.07. The summed E-state index contributed by atoms with van der Waals surface area (Å²) in [5, 5.41) is 3.59. The third kappa shape index (κ3) is 3.46. The standard InChI is InChI=1S/C16H18Cl2N2O3/c1-4-20-9(3)13(15(21)23-5-2)14(19-16(20)22)10-6-7-11(17)12(18)8-10/h6-8,14H,4-5H2,1-3H3,(H,19,22)/t14-/m1/s1. The molecule has 0 bridgehead atoms. The van der Waals surface area contributed by atoms with Crippen LogP contribution in [0.2, 0.25) is 10.0 Å². The Bertz CT molecular complexity index is 673. The van der Waals surface area contributed by atoms with Crippen LogP contribution < -0.4 is 5.32 Å². The van der Waals surface area contributed by atoms with Gasteiger partial charge in [0, 0.05) is 12.2 Å². The highest BCUT2D eigenvalue weighted by Crippen LogP contribution is 2.34. The minimum atomic E-state index is -0.626. The highest BCUT2D eigenvalue weighted by Gasteiger charge is 2.35. The maximum absolute atomic E-state index is 12.4. The van der Waals surface area contributed by atoms with Gasteiger partial charge in [-0.2, -0.15) is 0 Å². The normalized spacial score (nSPS) is 18.0. The fourth-order valence-electron chi connectivity index (χ4n) is 2.58. The molecular weight excluding hydrogens is 339 g/mol. The van der Waals surface area contributed by atoms with E-state index in [0.717, 1.165) is 0 Å². The van der Waals surface area contributed by atoms with E-state index < -0.39 is 12.0 Å². The summed E-state index contributed by atoms with van der Waals surface area (Å²) >= 11 is 12.0. The number of carbonyl (C=O) groups is 2. The van der Waals surface area contributed by atoms with E-state index in [-0.39, 0.29) is 12.6 Å². The van der Waals surface area contributed by atoms with Crippen molar-refractivity contribution >= 4 is 35.2 Å². The summed E-state index contributed by atoms with van der Waals surface area (Å²) in [6, 6.07) is 4.11. The molecule has 0 aliphatic carbocycles. The van der Waals surface area contributed by atoms with Crippen molar-refractivity contribution in [2.75, 3.05) is 13.2 Å². The smallest absolute Gasteiger partial charge is 0.338 e. The lowest BCUT2D eigenvalue weighted by atomic mass is 9.95. The molecule has 5 nitrogen and oxygen atoms in total. The van der Waals surface area contributed by atoms with E-state index in [0.29, 0.717) is 33.4 Å². The Morgan fingerprint density at radius 1 is 1.30 bits per heavy atom. The SMILES string of the molecule is CCOC(=O)C1=C(C)N(CC)C(=O)N[C@@H]1c1ccc(Cl)c(Cl)c1. The third-order valence-electron chi connectivity index (χ3n) is 3.68. The first-order valence-electron chi connectivity index (χ1n) is 7.31. The lowest BCUT2D eigenvalue weighted by Crippen LogP contribution is -2.47. The van der Waals surface area contributed by atoms with Crippen LogP contribution in [0.5, 0.6) is 0 Å². The Labute approximate surface area is 145 Å². The predicted molar refractivity (Wildman–Crippen MR) is 89.4 cm³/mol. The quantitative estimate of drug-likeness (QED) is 0.831. The van der Waals surface area contributed by atoms with E-state index in [1.807, 2.05) is 6.92 Å². The van der Waals surface area contributed by atoms with Gasteiger partial charge < -0.3 is 10.1 Å². The molecule has 1 aliphatic heterocycles. The number of allylic oxidation sites excluding steroid dienone is 1. The molecule has 1 aromatic carbocycles. The summed E-state index contributed by atoms with van der Waals surface area (Å²) in [5.74, 6) is -0.459. The zero-order chi connectivity index (χ0) is 17.1. The van der Waals surface area contributed by atoms with E-state index in [1.165, 1.54) is 4.90 Å². The van der Waals surface area contributed by atoms with Gasteiger partial charge in [0.1, 0.15) is 0 Å². The van der Waals surface area contributed by atoms with Gasteiger partial charge in [0.2, 0.25) is 0 Å². The minimum Gasteiger partial charge on any atom is -0.463 e. The molecule has 0 saturated heterocycles. The second-order valence-corrected chi connectivity index (χ2v) is 5.83. The first-order chi connectivity index (χ1) is 10.9. The number of rotatable bonds is 4. The number of esters is 1. The molecule has 2 rings (SSSR count). The van der Waals surface area contributed by atoms with E-state index in [4.69, 9.17) is 27.9 Å². The van der Waals surface area contributed by atoms with Crippen molar-refractivity contribution in [2.45, 2.75) is 26.8 Å². The molecule has 7 heteroatoms. The molecule has 0 saturated carbocycles. The molecule has 0 radical (unpaired) electrons. The summed E-state index contributed by atoms with van der Waals surface area (Å²) < 4.78 is 5.15. The lowest BCUT2D eigenvalue weighted by Gasteiger charge is -2.34. The van der Waals surface area contributed by atoms with Gasteiger partial charge in [-0.1, -0.05) is 29.3 Å². The number of hydrogen-bond donors (Lipinski definition) is 1. The van der Waals surface area contributed by atoms with Crippen molar-refractivity contribution in [2.24, 2.45) is 0 Å². The zero-order valence-corrected chi connectivity index (χ0v) is 14.7. The Morgan fingerprint density at radius 3 is 2.57 bits per heavy atom. The van der Waals surface area contributed by atoms with Gasteiger partial charge in [0.05, 0.1) is 28.3 Å². The van der Waals surface area contributed by atoms with Gasteiger partial charge in [-0.15, -0.1) is 0 Å². The number of urea groups is 1. The number of carbonyl (C=O) groups excluding carboxylic acids is 2. The molecular formula is C16H18Cl2N2O3. The van der Waals surface area contributed by atoms with Crippen LogP contribution in [-0.4, -0.2) is 30.1 Å². The summed E-state index contributed by atoms with van der Waals surface area (Å²) in [7, 11) is 0. The molecule has 0 unspecified atom stereocenters. The Kier molecular flexibility index (Phi) is 5.55. The van der Waals surface area contributed by atoms with Crippen LogP contribution in [0.1, 0.15) is 32.4 Å². The molecule has 1 N–H and O–H groups in total. The van der Waals surface area contributed by atoms with Gasteiger partial charge in [-0.3, -0.25) is 4.90 Å². The van der Waals surface area contributed by atoms with Crippen LogP contribution >= 0.6 is 23.2 Å². The predicted octanol–water partition coefficient (Wildman–Crippen LogP) is 3.92. The van der Waals surface area contributed by atoms with Gasteiger partial charge >= 0.3 is 12.0 Å². The van der Waals surface area contributed by atoms with Crippen LogP contribution in [0.4, 0.5) is 4.79 Å². The van der Waals surface area contributed by atoms with Gasteiger partial charge in [0.25, 0.3) is 0 Å². The van der Waals surface area contributed by atoms with Crippen LogP contribution in [-0.2, 0) is 9.53 Å².